The van der Waals surface area contributed by atoms with Gasteiger partial charge in [-0.2, -0.15) is 0 Å². The third kappa shape index (κ3) is 12.7. The number of ether oxygens (including phenoxy) is 7. The molecule has 0 aliphatic carbocycles. The summed E-state index contributed by atoms with van der Waals surface area (Å²) in [6.07, 6.45) is -4.33. The number of ketones is 2. The highest BCUT2D eigenvalue weighted by Crippen LogP contribution is 2.36. The highest BCUT2D eigenvalue weighted by atomic mass is 16.7. The van der Waals surface area contributed by atoms with Gasteiger partial charge in [0.15, 0.2) is 24.0 Å². The Hall–Kier alpha value is -5.09. The van der Waals surface area contributed by atoms with Crippen molar-refractivity contribution in [3.8, 4) is 0 Å². The summed E-state index contributed by atoms with van der Waals surface area (Å²) in [5.74, 6) is -4.30. The second-order valence-electron chi connectivity index (χ2n) is 16.3. The van der Waals surface area contributed by atoms with E-state index in [-0.39, 0.29) is 51.6 Å². The van der Waals surface area contributed by atoms with Crippen molar-refractivity contribution in [2.75, 3.05) is 20.3 Å². The Morgan fingerprint density at radius 2 is 1.37 bits per heavy atom. The molecule has 3 aromatic rings. The van der Waals surface area contributed by atoms with Gasteiger partial charge >= 0.3 is 12.1 Å². The number of methoxy groups -OCH3 is 1. The number of benzene rings is 3. The molecule has 0 spiro atoms. The van der Waals surface area contributed by atoms with Gasteiger partial charge in [-0.3, -0.25) is 19.2 Å². The van der Waals surface area contributed by atoms with Crippen LogP contribution in [0.3, 0.4) is 0 Å². The van der Waals surface area contributed by atoms with Crippen LogP contribution in [-0.4, -0.2) is 108 Å². The third-order valence-corrected chi connectivity index (χ3v) is 10.8. The molecule has 0 saturated carbocycles. The highest BCUT2D eigenvalue weighted by molar-refractivity contribution is 6.05. The molecule has 2 aliphatic rings. The number of hydrogen-bond acceptors (Lipinski definition) is 13. The predicted molar refractivity (Wildman–Crippen MR) is 226 cm³/mol. The fourth-order valence-electron chi connectivity index (χ4n) is 8.11. The topological polar surface area (TPSA) is 173 Å². The average Bonchev–Trinajstić information content (AvgIpc) is 3.52. The van der Waals surface area contributed by atoms with Gasteiger partial charge in [0.25, 0.3) is 0 Å². The van der Waals surface area contributed by atoms with E-state index >= 15 is 0 Å². The molecule has 2 amide bonds. The Morgan fingerprint density at radius 1 is 0.806 bits per heavy atom. The number of cyclic esters (lactones) is 1. The molecule has 2 fully saturated rings. The molecule has 0 unspecified atom stereocenters. The minimum absolute atomic E-state index is 0.0346. The maximum atomic E-state index is 14.4. The van der Waals surface area contributed by atoms with Crippen molar-refractivity contribution in [2.24, 2.45) is 11.8 Å². The maximum Gasteiger partial charge on any atom is 0.417 e. The van der Waals surface area contributed by atoms with Gasteiger partial charge in [-0.1, -0.05) is 105 Å². The molecule has 5 rings (SSSR count). The predicted octanol–water partition coefficient (Wildman–Crippen LogP) is 5.95. The number of carbonyl (C=O) groups excluding carboxylic acids is 5. The first-order valence-corrected chi connectivity index (χ1v) is 21.0. The van der Waals surface area contributed by atoms with Crippen molar-refractivity contribution in [3.05, 3.63) is 120 Å². The van der Waals surface area contributed by atoms with Crippen molar-refractivity contribution in [3.63, 3.8) is 0 Å². The molecule has 0 bridgehead atoms. The lowest BCUT2D eigenvalue weighted by molar-refractivity contribution is -0.319. The Bertz CT molecular complexity index is 1950. The summed E-state index contributed by atoms with van der Waals surface area (Å²) < 4.78 is 42.0. The molecule has 62 heavy (non-hydrogen) atoms. The molecule has 0 radical (unpaired) electrons. The van der Waals surface area contributed by atoms with E-state index in [1.807, 2.05) is 74.5 Å². The van der Waals surface area contributed by atoms with E-state index in [0.29, 0.717) is 5.56 Å². The Balaban J connectivity index is 1.28. The van der Waals surface area contributed by atoms with E-state index in [9.17, 15) is 29.1 Å². The van der Waals surface area contributed by atoms with Crippen LogP contribution in [0.25, 0.3) is 0 Å². The number of esters is 1. The Labute approximate surface area is 363 Å². The third-order valence-electron chi connectivity index (χ3n) is 10.8. The zero-order chi connectivity index (χ0) is 44.8. The number of imide groups is 1. The molecule has 8 atom stereocenters. The van der Waals surface area contributed by atoms with Gasteiger partial charge in [-0.25, -0.2) is 9.69 Å². The second kappa shape index (κ2) is 22.8. The zero-order valence-corrected chi connectivity index (χ0v) is 36.3. The van der Waals surface area contributed by atoms with Crippen molar-refractivity contribution in [2.45, 2.75) is 116 Å². The number of aliphatic hydroxyl groups excluding tert-OH is 1. The van der Waals surface area contributed by atoms with Crippen LogP contribution in [0.4, 0.5) is 4.79 Å². The molecule has 1 N–H and O–H groups in total. The number of allylic oxidation sites excluding steroid dienone is 1. The van der Waals surface area contributed by atoms with Gasteiger partial charge in [0, 0.05) is 27.1 Å². The van der Waals surface area contributed by atoms with Crippen molar-refractivity contribution < 1.29 is 62.2 Å². The number of carbonyl (C=O) groups is 5. The first kappa shape index (κ1) is 48.0. The van der Waals surface area contributed by atoms with Crippen LogP contribution in [0.1, 0.15) is 64.2 Å². The van der Waals surface area contributed by atoms with E-state index in [2.05, 4.69) is 0 Å². The van der Waals surface area contributed by atoms with Crippen LogP contribution >= 0.6 is 0 Å². The lowest BCUT2D eigenvalue weighted by atomic mass is 9.85. The van der Waals surface area contributed by atoms with Gasteiger partial charge in [-0.05, 0) is 61.4 Å². The summed E-state index contributed by atoms with van der Waals surface area (Å²) in [6.45, 7) is 8.40. The molecule has 0 aromatic heterocycles. The molecular formula is C48H59NO13. The van der Waals surface area contributed by atoms with E-state index in [0.717, 1.165) is 35.1 Å². The molecule has 2 heterocycles. The fraction of sp³-hybridized carbons (Fsp3) is 0.479. The van der Waals surface area contributed by atoms with Gasteiger partial charge < -0.3 is 38.3 Å². The molecular weight excluding hydrogens is 799 g/mol. The SMILES string of the molecule is CO[C@H]1O[C@H](CO)[C@@H](OCc2ccccc2)[C@H](OCc2ccccc2)[C@@H]1OCCCC(=O)C=CC(=O)[C@@H](OC(C)=O)[C@@H](Cc1ccccc1)C(=O)N1C(=O)OC(C)(C)[C@@H]1C(C)C. The summed E-state index contributed by atoms with van der Waals surface area (Å²) in [6, 6.07) is 27.3. The summed E-state index contributed by atoms with van der Waals surface area (Å²) in [5, 5.41) is 10.3. The van der Waals surface area contributed by atoms with Crippen molar-refractivity contribution >= 4 is 29.5 Å². The normalized spacial score (nSPS) is 23.2. The number of hydrogen-bond donors (Lipinski definition) is 1. The lowest BCUT2D eigenvalue weighted by Crippen LogP contribution is -2.61. The van der Waals surface area contributed by atoms with Crippen LogP contribution in [0, 0.1) is 11.8 Å². The minimum atomic E-state index is -1.65. The molecule has 2 saturated heterocycles. The van der Waals surface area contributed by atoms with Gasteiger partial charge in [0.2, 0.25) is 5.91 Å². The van der Waals surface area contributed by atoms with Gasteiger partial charge in [0.1, 0.15) is 30.0 Å². The smallest absolute Gasteiger partial charge is 0.417 e. The molecule has 14 heteroatoms. The van der Waals surface area contributed by atoms with Crippen LogP contribution in [0.5, 0.6) is 0 Å². The van der Waals surface area contributed by atoms with Crippen LogP contribution < -0.4 is 0 Å². The lowest BCUT2D eigenvalue weighted by Gasteiger charge is -2.45. The first-order valence-electron chi connectivity index (χ1n) is 21.0. The Morgan fingerprint density at radius 3 is 1.90 bits per heavy atom. The van der Waals surface area contributed by atoms with E-state index in [4.69, 9.17) is 33.2 Å². The average molecular weight is 858 g/mol. The standard InChI is InChI=1S/C48H59NO13/c1-31(2)44-48(4,5)62-47(55)49(44)45(54)37(27-33-17-10-7-11-18-33)40(60-32(3)51)38(53)25-24-36(52)23-16-26-57-43-42(59-30-35-21-14-9-15-22-35)41(39(28-50)61-46(43)56-6)58-29-34-19-12-8-13-20-34/h7-15,17-22,24-25,31,37,39-44,46,50H,16,23,26-30H2,1-6H3/t37-,39-,40+,41-,42+,43+,44+,46+/m1/s1. The highest BCUT2D eigenvalue weighted by Gasteiger charge is 2.54. The summed E-state index contributed by atoms with van der Waals surface area (Å²) in [7, 11) is 1.46. The fourth-order valence-corrected chi connectivity index (χ4v) is 8.11. The van der Waals surface area contributed by atoms with E-state index < -0.39 is 83.9 Å². The molecule has 2 aliphatic heterocycles. The number of aliphatic hydroxyl groups is 1. The van der Waals surface area contributed by atoms with Crippen LogP contribution in [0.15, 0.2) is 103 Å². The summed E-state index contributed by atoms with van der Waals surface area (Å²) in [4.78, 5) is 68.2. The summed E-state index contributed by atoms with van der Waals surface area (Å²) >= 11 is 0. The largest absolute Gasteiger partial charge is 0.453 e. The monoisotopic (exact) mass is 857 g/mol. The molecule has 3 aromatic carbocycles. The first-order chi connectivity index (χ1) is 29.7. The van der Waals surface area contributed by atoms with E-state index in [1.54, 1.807) is 44.2 Å². The molecule has 14 nitrogen and oxygen atoms in total. The van der Waals surface area contributed by atoms with Gasteiger partial charge in [-0.15, -0.1) is 0 Å². The minimum Gasteiger partial charge on any atom is -0.453 e. The van der Waals surface area contributed by atoms with Crippen molar-refractivity contribution in [1.82, 2.24) is 4.90 Å². The quantitative estimate of drug-likeness (QED) is 0.0714. The van der Waals surface area contributed by atoms with Crippen LogP contribution in [-0.2, 0) is 72.0 Å². The maximum absolute atomic E-state index is 14.4. The van der Waals surface area contributed by atoms with E-state index in [1.165, 1.54) is 7.11 Å². The zero-order valence-electron chi connectivity index (χ0n) is 36.3. The molecule has 334 valence electrons. The number of nitrogens with zero attached hydrogens (tertiary/aromatic N) is 1. The van der Waals surface area contributed by atoms with Crippen LogP contribution in [0.2, 0.25) is 0 Å². The summed E-state index contributed by atoms with van der Waals surface area (Å²) in [5.41, 5.74) is 1.48. The second-order valence-corrected chi connectivity index (χ2v) is 16.3. The number of amides is 2. The van der Waals surface area contributed by atoms with Gasteiger partial charge in [0.05, 0.1) is 31.8 Å². The Kier molecular flexibility index (Phi) is 17.7. The van der Waals surface area contributed by atoms with Crippen molar-refractivity contribution in [1.29, 1.82) is 0 Å². The number of rotatable bonds is 22.